The standard InChI is InChI=1S/C14H21BrN2O2S/c1-2-17-9-3-4-13(11-17)16-20(18,19)14-7-5-12(10-15)6-8-14/h5-8,13,16H,2-4,9-11H2,1H3. The summed E-state index contributed by atoms with van der Waals surface area (Å²) in [6, 6.07) is 7.02. The average Bonchev–Trinajstić information content (AvgIpc) is 2.47. The van der Waals surface area contributed by atoms with Crippen molar-refractivity contribution in [1.29, 1.82) is 0 Å². The topological polar surface area (TPSA) is 49.4 Å². The summed E-state index contributed by atoms with van der Waals surface area (Å²) in [5.41, 5.74) is 1.07. The summed E-state index contributed by atoms with van der Waals surface area (Å²) in [6.45, 7) is 4.94. The molecule has 0 aromatic heterocycles. The van der Waals surface area contributed by atoms with Gasteiger partial charge < -0.3 is 4.90 Å². The Morgan fingerprint density at radius 3 is 2.65 bits per heavy atom. The van der Waals surface area contributed by atoms with Gasteiger partial charge in [0.15, 0.2) is 0 Å². The van der Waals surface area contributed by atoms with Gasteiger partial charge in [0, 0.05) is 17.9 Å². The van der Waals surface area contributed by atoms with Crippen molar-refractivity contribution in [2.75, 3.05) is 19.6 Å². The predicted molar refractivity (Wildman–Crippen MR) is 84.5 cm³/mol. The zero-order chi connectivity index (χ0) is 14.6. The predicted octanol–water partition coefficient (Wildman–Crippen LogP) is 2.34. The van der Waals surface area contributed by atoms with Crippen molar-refractivity contribution in [2.45, 2.75) is 36.0 Å². The lowest BCUT2D eigenvalue weighted by Gasteiger charge is -2.32. The SMILES string of the molecule is CCN1CCCC(NS(=O)(=O)c2ccc(CBr)cc2)C1. The number of piperidine rings is 1. The summed E-state index contributed by atoms with van der Waals surface area (Å²) in [7, 11) is -3.41. The lowest BCUT2D eigenvalue weighted by atomic mass is 10.1. The third-order valence-electron chi connectivity index (χ3n) is 3.66. The molecule has 0 amide bonds. The molecular weight excluding hydrogens is 340 g/mol. The second-order valence-corrected chi connectivity index (χ2v) is 7.41. The van der Waals surface area contributed by atoms with Crippen molar-refractivity contribution in [1.82, 2.24) is 9.62 Å². The van der Waals surface area contributed by atoms with Gasteiger partial charge in [0.2, 0.25) is 10.0 Å². The summed E-state index contributed by atoms with van der Waals surface area (Å²) < 4.78 is 27.5. The van der Waals surface area contributed by atoms with Crippen LogP contribution in [-0.2, 0) is 15.4 Å². The van der Waals surface area contributed by atoms with E-state index in [1.165, 1.54) is 0 Å². The quantitative estimate of drug-likeness (QED) is 0.819. The number of benzene rings is 1. The molecule has 1 unspecified atom stereocenters. The van der Waals surface area contributed by atoms with Crippen molar-refractivity contribution in [3.63, 3.8) is 0 Å². The molecule has 0 aliphatic carbocycles. The lowest BCUT2D eigenvalue weighted by Crippen LogP contribution is -2.47. The van der Waals surface area contributed by atoms with Gasteiger partial charge in [-0.05, 0) is 43.6 Å². The molecule has 20 heavy (non-hydrogen) atoms. The Labute approximate surface area is 129 Å². The fourth-order valence-electron chi connectivity index (χ4n) is 2.48. The van der Waals surface area contributed by atoms with E-state index in [2.05, 4.69) is 32.5 Å². The molecule has 1 aromatic rings. The second kappa shape index (κ2) is 7.02. The molecule has 2 rings (SSSR count). The van der Waals surface area contributed by atoms with Gasteiger partial charge in [0.1, 0.15) is 0 Å². The maximum atomic E-state index is 12.4. The maximum absolute atomic E-state index is 12.4. The minimum atomic E-state index is -3.41. The Hall–Kier alpha value is -0.430. The van der Waals surface area contributed by atoms with Crippen molar-refractivity contribution in [3.05, 3.63) is 29.8 Å². The number of hydrogen-bond donors (Lipinski definition) is 1. The highest BCUT2D eigenvalue weighted by molar-refractivity contribution is 9.08. The highest BCUT2D eigenvalue weighted by Gasteiger charge is 2.24. The van der Waals surface area contributed by atoms with Crippen molar-refractivity contribution in [2.24, 2.45) is 0 Å². The molecule has 112 valence electrons. The fraction of sp³-hybridized carbons (Fsp3) is 0.571. The van der Waals surface area contributed by atoms with Crippen LogP contribution >= 0.6 is 15.9 Å². The number of likely N-dealkylation sites (N-methyl/N-ethyl adjacent to an activating group) is 1. The van der Waals surface area contributed by atoms with Gasteiger partial charge in [-0.15, -0.1) is 0 Å². The Morgan fingerprint density at radius 2 is 2.05 bits per heavy atom. The van der Waals surface area contributed by atoms with E-state index in [4.69, 9.17) is 0 Å². The van der Waals surface area contributed by atoms with E-state index in [0.717, 1.165) is 43.4 Å². The zero-order valence-corrected chi connectivity index (χ0v) is 14.1. The number of hydrogen-bond acceptors (Lipinski definition) is 3. The molecular formula is C14H21BrN2O2S. The van der Waals surface area contributed by atoms with Crippen LogP contribution in [0.2, 0.25) is 0 Å². The second-order valence-electron chi connectivity index (χ2n) is 5.13. The number of nitrogens with zero attached hydrogens (tertiary/aromatic N) is 1. The Morgan fingerprint density at radius 1 is 1.35 bits per heavy atom. The van der Waals surface area contributed by atoms with Gasteiger partial charge in [0.05, 0.1) is 4.90 Å². The monoisotopic (exact) mass is 360 g/mol. The fourth-order valence-corrected chi connectivity index (χ4v) is 4.12. The van der Waals surface area contributed by atoms with Gasteiger partial charge in [-0.3, -0.25) is 0 Å². The molecule has 0 spiro atoms. The summed E-state index contributed by atoms with van der Waals surface area (Å²) in [6.07, 6.45) is 1.96. The number of halogens is 1. The molecule has 1 N–H and O–H groups in total. The van der Waals surface area contributed by atoms with E-state index < -0.39 is 10.0 Å². The Bertz CT molecular complexity index is 531. The summed E-state index contributed by atoms with van der Waals surface area (Å²) in [5.74, 6) is 0. The largest absolute Gasteiger partial charge is 0.302 e. The molecule has 1 saturated heterocycles. The van der Waals surface area contributed by atoms with Crippen molar-refractivity contribution < 1.29 is 8.42 Å². The molecule has 6 heteroatoms. The molecule has 1 heterocycles. The molecule has 0 radical (unpaired) electrons. The highest BCUT2D eigenvalue weighted by atomic mass is 79.9. The van der Waals surface area contributed by atoms with E-state index in [0.29, 0.717) is 4.90 Å². The molecule has 1 aliphatic heterocycles. The summed E-state index contributed by atoms with van der Waals surface area (Å²) in [5, 5.41) is 0.731. The van der Waals surface area contributed by atoms with Crippen molar-refractivity contribution in [3.8, 4) is 0 Å². The van der Waals surface area contributed by atoms with Gasteiger partial charge in [0.25, 0.3) is 0 Å². The van der Waals surface area contributed by atoms with E-state index in [-0.39, 0.29) is 6.04 Å². The maximum Gasteiger partial charge on any atom is 0.240 e. The average molecular weight is 361 g/mol. The first-order valence-corrected chi connectivity index (χ1v) is 9.55. The van der Waals surface area contributed by atoms with E-state index in [1.54, 1.807) is 12.1 Å². The van der Waals surface area contributed by atoms with Crippen LogP contribution in [0.4, 0.5) is 0 Å². The minimum Gasteiger partial charge on any atom is -0.302 e. The van der Waals surface area contributed by atoms with Crippen LogP contribution < -0.4 is 4.72 Å². The number of alkyl halides is 1. The first-order valence-electron chi connectivity index (χ1n) is 6.94. The molecule has 1 aromatic carbocycles. The van der Waals surface area contributed by atoms with Crippen LogP contribution in [0.5, 0.6) is 0 Å². The van der Waals surface area contributed by atoms with Crippen LogP contribution in [0, 0.1) is 0 Å². The molecule has 1 aliphatic rings. The van der Waals surface area contributed by atoms with Gasteiger partial charge in [-0.1, -0.05) is 35.0 Å². The highest BCUT2D eigenvalue weighted by Crippen LogP contribution is 2.16. The number of sulfonamides is 1. The Kier molecular flexibility index (Phi) is 5.60. The number of nitrogens with one attached hydrogen (secondary N) is 1. The molecule has 1 atom stereocenters. The van der Waals surface area contributed by atoms with Crippen LogP contribution in [0.25, 0.3) is 0 Å². The smallest absolute Gasteiger partial charge is 0.240 e. The zero-order valence-electron chi connectivity index (χ0n) is 11.7. The molecule has 0 saturated carbocycles. The van der Waals surface area contributed by atoms with Crippen LogP contribution in [0.1, 0.15) is 25.3 Å². The third kappa shape index (κ3) is 4.04. The van der Waals surface area contributed by atoms with Gasteiger partial charge in [-0.25, -0.2) is 13.1 Å². The third-order valence-corrected chi connectivity index (χ3v) is 5.85. The van der Waals surface area contributed by atoms with Gasteiger partial charge >= 0.3 is 0 Å². The molecule has 4 nitrogen and oxygen atoms in total. The summed E-state index contributed by atoms with van der Waals surface area (Å²) >= 11 is 3.36. The normalized spacial score (nSPS) is 21.0. The Balaban J connectivity index is 2.06. The van der Waals surface area contributed by atoms with E-state index >= 15 is 0 Å². The van der Waals surface area contributed by atoms with Crippen LogP contribution in [-0.4, -0.2) is 39.0 Å². The molecule has 1 fully saturated rings. The first kappa shape index (κ1) is 15.9. The van der Waals surface area contributed by atoms with Crippen LogP contribution in [0.3, 0.4) is 0 Å². The minimum absolute atomic E-state index is 0.0181. The first-order chi connectivity index (χ1) is 9.55. The number of rotatable bonds is 5. The van der Waals surface area contributed by atoms with Gasteiger partial charge in [-0.2, -0.15) is 0 Å². The van der Waals surface area contributed by atoms with E-state index in [9.17, 15) is 8.42 Å². The van der Waals surface area contributed by atoms with Crippen molar-refractivity contribution >= 4 is 26.0 Å². The van der Waals surface area contributed by atoms with Crippen LogP contribution in [0.15, 0.2) is 29.2 Å². The van der Waals surface area contributed by atoms with E-state index in [1.807, 2.05) is 12.1 Å². The lowest BCUT2D eigenvalue weighted by molar-refractivity contribution is 0.211. The number of likely N-dealkylation sites (tertiary alicyclic amines) is 1. The molecule has 0 bridgehead atoms. The summed E-state index contributed by atoms with van der Waals surface area (Å²) in [4.78, 5) is 2.63.